The lowest BCUT2D eigenvalue weighted by atomic mass is 10.1. The molecule has 1 aromatic carbocycles. The van der Waals surface area contributed by atoms with Gasteiger partial charge in [0.1, 0.15) is 5.25 Å². The molecule has 2 rings (SSSR count). The van der Waals surface area contributed by atoms with Gasteiger partial charge in [-0.1, -0.05) is 6.07 Å². The van der Waals surface area contributed by atoms with Crippen LogP contribution in [-0.4, -0.2) is 51.3 Å². The Morgan fingerprint density at radius 2 is 2.09 bits per heavy atom. The summed E-state index contributed by atoms with van der Waals surface area (Å²) in [5.74, 6) is 0.898. The molecule has 6 nitrogen and oxygen atoms in total. The highest BCUT2D eigenvalue weighted by atomic mass is 32.3. The van der Waals surface area contributed by atoms with Gasteiger partial charge in [-0.2, -0.15) is 8.42 Å². The Morgan fingerprint density at radius 3 is 2.65 bits per heavy atom. The van der Waals surface area contributed by atoms with Gasteiger partial charge >= 0.3 is 10.2 Å². The lowest BCUT2D eigenvalue weighted by Crippen LogP contribution is -2.29. The molecule has 8 heteroatoms. The number of benzene rings is 1. The summed E-state index contributed by atoms with van der Waals surface area (Å²) in [6, 6.07) is 5.46. The summed E-state index contributed by atoms with van der Waals surface area (Å²) < 4.78 is 45.5. The van der Waals surface area contributed by atoms with Crippen molar-refractivity contribution in [3.05, 3.63) is 23.8 Å². The van der Waals surface area contributed by atoms with Crippen LogP contribution in [-0.2, 0) is 21.4 Å². The minimum Gasteiger partial charge on any atom is -0.493 e. The van der Waals surface area contributed by atoms with Crippen LogP contribution in [0.2, 0.25) is 0 Å². The molecule has 1 unspecified atom stereocenters. The summed E-state index contributed by atoms with van der Waals surface area (Å²) in [6.07, 6.45) is 0.235. The smallest absolute Gasteiger partial charge is 0.307 e. The number of nitrogens with zero attached hydrogens (tertiary/aromatic N) is 1. The molecule has 128 valence electrons. The first-order valence-electron chi connectivity index (χ1n) is 7.36. The standard InChI is InChI=1S/C15H20FNO5S/c1-3-22-13-5-4-11(8-14(13)21-2)6-7-17-10-12(9-15(17)18)23(16,19)20/h4-5,8,12H,3,6-7,9-10H2,1-2H3. The van der Waals surface area contributed by atoms with E-state index in [-0.39, 0.29) is 18.9 Å². The van der Waals surface area contributed by atoms with Gasteiger partial charge in [0.15, 0.2) is 11.5 Å². The fourth-order valence-electron chi connectivity index (χ4n) is 2.55. The van der Waals surface area contributed by atoms with Gasteiger partial charge in [0.05, 0.1) is 13.7 Å². The summed E-state index contributed by atoms with van der Waals surface area (Å²) in [5, 5.41) is -1.25. The zero-order valence-electron chi connectivity index (χ0n) is 13.1. The van der Waals surface area contributed by atoms with E-state index in [0.29, 0.717) is 31.1 Å². The number of carbonyl (C=O) groups is 1. The summed E-state index contributed by atoms with van der Waals surface area (Å²) in [6.45, 7) is 2.65. The van der Waals surface area contributed by atoms with Crippen LogP contribution in [0.3, 0.4) is 0 Å². The molecule has 0 bridgehead atoms. The average Bonchev–Trinajstić information content (AvgIpc) is 2.88. The fraction of sp³-hybridized carbons (Fsp3) is 0.533. The molecular weight excluding hydrogens is 325 g/mol. The van der Waals surface area contributed by atoms with Crippen LogP contribution in [0.4, 0.5) is 3.89 Å². The molecule has 1 amide bonds. The number of halogens is 1. The largest absolute Gasteiger partial charge is 0.493 e. The van der Waals surface area contributed by atoms with E-state index in [1.165, 1.54) is 4.90 Å². The molecule has 0 aromatic heterocycles. The molecule has 1 aliphatic rings. The third-order valence-corrected chi connectivity index (χ3v) is 4.89. The van der Waals surface area contributed by atoms with E-state index in [0.717, 1.165) is 5.56 Å². The predicted molar refractivity (Wildman–Crippen MR) is 82.9 cm³/mol. The molecule has 1 atom stereocenters. The maximum absolute atomic E-state index is 13.0. The normalized spacial score (nSPS) is 18.3. The van der Waals surface area contributed by atoms with Gasteiger partial charge in [-0.25, -0.2) is 0 Å². The van der Waals surface area contributed by atoms with Crippen molar-refractivity contribution in [2.45, 2.75) is 25.0 Å². The molecule has 1 heterocycles. The van der Waals surface area contributed by atoms with Crippen molar-refractivity contribution in [1.29, 1.82) is 0 Å². The zero-order valence-corrected chi connectivity index (χ0v) is 13.9. The number of methoxy groups -OCH3 is 1. The van der Waals surface area contributed by atoms with Gasteiger partial charge < -0.3 is 14.4 Å². The number of hydrogen-bond donors (Lipinski definition) is 0. The quantitative estimate of drug-likeness (QED) is 0.701. The van der Waals surface area contributed by atoms with Gasteiger partial charge in [0.2, 0.25) is 5.91 Å². The molecule has 1 saturated heterocycles. The molecule has 0 spiro atoms. The van der Waals surface area contributed by atoms with E-state index in [1.807, 2.05) is 19.1 Å². The highest BCUT2D eigenvalue weighted by Crippen LogP contribution is 2.28. The van der Waals surface area contributed by atoms with Crippen LogP contribution in [0.25, 0.3) is 0 Å². The molecule has 0 N–H and O–H groups in total. The Hall–Kier alpha value is -1.83. The van der Waals surface area contributed by atoms with Crippen molar-refractivity contribution in [1.82, 2.24) is 4.90 Å². The Balaban J connectivity index is 2.00. The third-order valence-electron chi connectivity index (χ3n) is 3.78. The Morgan fingerprint density at radius 1 is 1.35 bits per heavy atom. The van der Waals surface area contributed by atoms with Crippen LogP contribution in [0.1, 0.15) is 18.9 Å². The highest BCUT2D eigenvalue weighted by Gasteiger charge is 2.38. The molecule has 1 aromatic rings. The second-order valence-electron chi connectivity index (χ2n) is 5.31. The monoisotopic (exact) mass is 345 g/mol. The van der Waals surface area contributed by atoms with Crippen molar-refractivity contribution >= 4 is 16.1 Å². The molecule has 1 aliphatic heterocycles. The SMILES string of the molecule is CCOc1ccc(CCN2CC(S(=O)(=O)F)CC2=O)cc1OC. The molecule has 0 radical (unpaired) electrons. The van der Waals surface area contributed by atoms with Crippen molar-refractivity contribution in [2.24, 2.45) is 0 Å². The fourth-order valence-corrected chi connectivity index (χ4v) is 3.25. The Bertz CT molecular complexity index is 676. The molecule has 1 fully saturated rings. The van der Waals surface area contributed by atoms with Crippen LogP contribution in [0.5, 0.6) is 11.5 Å². The van der Waals surface area contributed by atoms with Crippen LogP contribution in [0, 0.1) is 0 Å². The average molecular weight is 345 g/mol. The van der Waals surface area contributed by atoms with Crippen molar-refractivity contribution in [2.75, 3.05) is 26.8 Å². The number of amides is 1. The first-order chi connectivity index (χ1) is 10.8. The molecule has 0 saturated carbocycles. The van der Waals surface area contributed by atoms with Gasteiger partial charge in [0.25, 0.3) is 0 Å². The van der Waals surface area contributed by atoms with E-state index in [9.17, 15) is 17.1 Å². The second-order valence-corrected chi connectivity index (χ2v) is 6.93. The van der Waals surface area contributed by atoms with Gasteiger partial charge in [-0.15, -0.1) is 3.89 Å². The van der Waals surface area contributed by atoms with Crippen LogP contribution >= 0.6 is 0 Å². The predicted octanol–water partition coefficient (Wildman–Crippen LogP) is 1.54. The number of hydrogen-bond acceptors (Lipinski definition) is 5. The van der Waals surface area contributed by atoms with Crippen LogP contribution in [0.15, 0.2) is 18.2 Å². The van der Waals surface area contributed by atoms with Gasteiger partial charge in [-0.3, -0.25) is 4.79 Å². The third kappa shape index (κ3) is 4.34. The summed E-state index contributed by atoms with van der Waals surface area (Å²) >= 11 is 0. The second kappa shape index (κ2) is 7.16. The lowest BCUT2D eigenvalue weighted by Gasteiger charge is -2.16. The Labute approximate surface area is 135 Å². The van der Waals surface area contributed by atoms with E-state index >= 15 is 0 Å². The van der Waals surface area contributed by atoms with E-state index in [1.54, 1.807) is 13.2 Å². The number of carbonyl (C=O) groups excluding carboxylic acids is 1. The van der Waals surface area contributed by atoms with Crippen molar-refractivity contribution in [3.63, 3.8) is 0 Å². The summed E-state index contributed by atoms with van der Waals surface area (Å²) in [4.78, 5) is 13.1. The minimum atomic E-state index is -4.67. The number of rotatable bonds is 7. The first-order valence-corrected chi connectivity index (χ1v) is 8.80. The number of likely N-dealkylation sites (tertiary alicyclic amines) is 1. The molecule has 0 aliphatic carbocycles. The van der Waals surface area contributed by atoms with Crippen molar-refractivity contribution < 1.29 is 26.6 Å². The highest BCUT2D eigenvalue weighted by molar-refractivity contribution is 7.87. The van der Waals surface area contributed by atoms with Crippen LogP contribution < -0.4 is 9.47 Å². The molecular formula is C15H20FNO5S. The maximum atomic E-state index is 13.0. The zero-order chi connectivity index (χ0) is 17.0. The van der Waals surface area contributed by atoms with Crippen molar-refractivity contribution in [3.8, 4) is 11.5 Å². The maximum Gasteiger partial charge on any atom is 0.307 e. The van der Waals surface area contributed by atoms with Gasteiger partial charge in [0, 0.05) is 19.5 Å². The first kappa shape index (κ1) is 17.5. The summed E-state index contributed by atoms with van der Waals surface area (Å²) in [5.41, 5.74) is 0.921. The topological polar surface area (TPSA) is 72.9 Å². The van der Waals surface area contributed by atoms with Gasteiger partial charge in [-0.05, 0) is 31.0 Å². The van der Waals surface area contributed by atoms with E-state index < -0.39 is 15.5 Å². The Kier molecular flexibility index (Phi) is 5.46. The molecule has 23 heavy (non-hydrogen) atoms. The minimum absolute atomic E-state index is 0.0914. The van der Waals surface area contributed by atoms with E-state index in [4.69, 9.17) is 9.47 Å². The lowest BCUT2D eigenvalue weighted by molar-refractivity contribution is -0.127. The number of ether oxygens (including phenoxy) is 2. The summed E-state index contributed by atoms with van der Waals surface area (Å²) in [7, 11) is -3.13. The van der Waals surface area contributed by atoms with E-state index in [2.05, 4.69) is 0 Å².